The third-order valence-electron chi connectivity index (χ3n) is 6.37. The second kappa shape index (κ2) is 13.3. The number of ether oxygens (including phenoxy) is 3. The Kier molecular flexibility index (Phi) is 10.1. The highest BCUT2D eigenvalue weighted by molar-refractivity contribution is 5.96. The van der Waals surface area contributed by atoms with Crippen LogP contribution in [0, 0.1) is 5.92 Å². The number of rotatable bonds is 12. The number of nitrogens with zero attached hydrogens (tertiary/aromatic N) is 1. The maximum Gasteiger partial charge on any atom is 0.416 e. The van der Waals surface area contributed by atoms with Gasteiger partial charge < -0.3 is 14.2 Å². The molecule has 1 heterocycles. The number of cyclic esters (lactones) is 1. The Morgan fingerprint density at radius 3 is 2.35 bits per heavy atom. The first-order chi connectivity index (χ1) is 17.7. The highest BCUT2D eigenvalue weighted by Gasteiger charge is 2.41. The average Bonchev–Trinajstić information content (AvgIpc) is 3.22. The number of imide groups is 1. The summed E-state index contributed by atoms with van der Waals surface area (Å²) in [5.74, 6) is -0.598. The van der Waals surface area contributed by atoms with E-state index < -0.39 is 29.6 Å². The van der Waals surface area contributed by atoms with Crippen molar-refractivity contribution < 1.29 is 28.6 Å². The molecule has 7 heteroatoms. The predicted molar refractivity (Wildman–Crippen MR) is 141 cm³/mol. The summed E-state index contributed by atoms with van der Waals surface area (Å²) in [6, 6.07) is 17.3. The monoisotopic (exact) mass is 509 g/mol. The van der Waals surface area contributed by atoms with Gasteiger partial charge in [0.15, 0.2) is 0 Å². The minimum absolute atomic E-state index is 0.0591. The molecule has 0 aliphatic carbocycles. The lowest BCUT2D eigenvalue weighted by Crippen LogP contribution is -2.44. The standard InChI is InChI=1S/C30H39NO6/c1-30(2,3)37-27(32)20-24(14-10-6-7-11-22-15-17-26(35-4)18-16-22)28(33)31-25(21-36-29(31)34)19-23-12-8-5-9-13-23/h5,8-9,12-13,15-18,24-25H,6-7,10-11,14,19-21H2,1-4H3/t24-,25+/m1/s1. The molecule has 0 aromatic heterocycles. The molecular weight excluding hydrogens is 470 g/mol. The molecule has 2 aromatic carbocycles. The maximum atomic E-state index is 13.6. The molecule has 0 bridgehead atoms. The van der Waals surface area contributed by atoms with Gasteiger partial charge in [-0.2, -0.15) is 0 Å². The van der Waals surface area contributed by atoms with Gasteiger partial charge in [0.2, 0.25) is 5.91 Å². The van der Waals surface area contributed by atoms with Crippen LogP contribution in [-0.4, -0.2) is 48.2 Å². The van der Waals surface area contributed by atoms with E-state index in [-0.39, 0.29) is 18.9 Å². The first-order valence-electron chi connectivity index (χ1n) is 13.0. The van der Waals surface area contributed by atoms with Crippen molar-refractivity contribution in [2.45, 2.75) is 77.4 Å². The van der Waals surface area contributed by atoms with Crippen LogP contribution in [0.4, 0.5) is 4.79 Å². The summed E-state index contributed by atoms with van der Waals surface area (Å²) < 4.78 is 16.0. The van der Waals surface area contributed by atoms with Crippen LogP contribution in [0.5, 0.6) is 5.75 Å². The number of amides is 2. The largest absolute Gasteiger partial charge is 0.497 e. The van der Waals surface area contributed by atoms with Crippen LogP contribution in [0.3, 0.4) is 0 Å². The number of benzene rings is 2. The molecule has 1 aliphatic rings. The molecule has 0 radical (unpaired) electrons. The third-order valence-corrected chi connectivity index (χ3v) is 6.37. The van der Waals surface area contributed by atoms with E-state index in [0.717, 1.165) is 37.0 Å². The molecule has 1 fully saturated rings. The Morgan fingerprint density at radius 1 is 1.00 bits per heavy atom. The van der Waals surface area contributed by atoms with Crippen LogP contribution in [0.25, 0.3) is 0 Å². The molecule has 7 nitrogen and oxygen atoms in total. The molecule has 2 aromatic rings. The summed E-state index contributed by atoms with van der Waals surface area (Å²) in [5.41, 5.74) is 1.60. The number of hydrogen-bond donors (Lipinski definition) is 0. The second-order valence-electron chi connectivity index (χ2n) is 10.6. The number of unbranched alkanes of at least 4 members (excludes halogenated alkanes) is 2. The number of methoxy groups -OCH3 is 1. The van der Waals surface area contributed by atoms with Gasteiger partial charge in [-0.05, 0) is 69.7 Å². The number of aryl methyl sites for hydroxylation is 1. The topological polar surface area (TPSA) is 82.1 Å². The molecule has 3 rings (SSSR count). The molecule has 0 unspecified atom stereocenters. The number of carbonyl (C=O) groups excluding carboxylic acids is 3. The summed E-state index contributed by atoms with van der Waals surface area (Å²) in [6.45, 7) is 5.55. The first-order valence-corrected chi connectivity index (χ1v) is 13.0. The maximum absolute atomic E-state index is 13.6. The fourth-order valence-electron chi connectivity index (χ4n) is 4.55. The SMILES string of the molecule is COc1ccc(CCCCC[C@H](CC(=O)OC(C)(C)C)C(=O)N2C(=O)OC[C@@H]2Cc2ccccc2)cc1. The van der Waals surface area contributed by atoms with Crippen molar-refractivity contribution in [1.82, 2.24) is 4.90 Å². The van der Waals surface area contributed by atoms with Gasteiger partial charge in [0.05, 0.1) is 19.6 Å². The van der Waals surface area contributed by atoms with Crippen molar-refractivity contribution >= 4 is 18.0 Å². The average molecular weight is 510 g/mol. The van der Waals surface area contributed by atoms with Crippen LogP contribution < -0.4 is 4.74 Å². The molecule has 0 spiro atoms. The van der Waals surface area contributed by atoms with Crippen molar-refractivity contribution in [3.05, 3.63) is 65.7 Å². The fourth-order valence-corrected chi connectivity index (χ4v) is 4.55. The van der Waals surface area contributed by atoms with Gasteiger partial charge >= 0.3 is 12.1 Å². The highest BCUT2D eigenvalue weighted by atomic mass is 16.6. The van der Waals surface area contributed by atoms with Crippen molar-refractivity contribution in [2.24, 2.45) is 5.92 Å². The normalized spacial score (nSPS) is 16.3. The molecule has 0 saturated carbocycles. The van der Waals surface area contributed by atoms with E-state index in [1.807, 2.05) is 42.5 Å². The summed E-state index contributed by atoms with van der Waals surface area (Å²) in [5, 5.41) is 0. The van der Waals surface area contributed by atoms with Crippen molar-refractivity contribution in [3.8, 4) is 5.75 Å². The summed E-state index contributed by atoms with van der Waals surface area (Å²) in [4.78, 5) is 40.1. The quantitative estimate of drug-likeness (QED) is 0.268. The van der Waals surface area contributed by atoms with E-state index in [1.165, 1.54) is 10.5 Å². The smallest absolute Gasteiger partial charge is 0.416 e. The molecule has 0 N–H and O–H groups in total. The van der Waals surface area contributed by atoms with E-state index in [2.05, 4.69) is 12.1 Å². The summed E-state index contributed by atoms with van der Waals surface area (Å²) in [7, 11) is 1.65. The van der Waals surface area contributed by atoms with Crippen LogP contribution in [0.15, 0.2) is 54.6 Å². The van der Waals surface area contributed by atoms with E-state index >= 15 is 0 Å². The molecule has 1 aliphatic heterocycles. The zero-order valence-electron chi connectivity index (χ0n) is 22.4. The predicted octanol–water partition coefficient (Wildman–Crippen LogP) is 5.74. The van der Waals surface area contributed by atoms with Gasteiger partial charge in [0, 0.05) is 5.92 Å². The molecule has 2 atom stereocenters. The summed E-state index contributed by atoms with van der Waals surface area (Å²) in [6.07, 6.45) is 3.87. The fraction of sp³-hybridized carbons (Fsp3) is 0.500. The Labute approximate surface area is 220 Å². The van der Waals surface area contributed by atoms with E-state index in [1.54, 1.807) is 27.9 Å². The van der Waals surface area contributed by atoms with Crippen LogP contribution in [0.1, 0.15) is 64.0 Å². The summed E-state index contributed by atoms with van der Waals surface area (Å²) >= 11 is 0. The Bertz CT molecular complexity index is 1030. The minimum Gasteiger partial charge on any atom is -0.497 e. The zero-order chi connectivity index (χ0) is 26.8. The third kappa shape index (κ3) is 8.92. The van der Waals surface area contributed by atoms with Crippen molar-refractivity contribution in [3.63, 3.8) is 0 Å². The Balaban J connectivity index is 1.62. The molecular formula is C30H39NO6. The van der Waals surface area contributed by atoms with E-state index in [9.17, 15) is 14.4 Å². The first kappa shape index (κ1) is 28.2. The number of esters is 1. The van der Waals surface area contributed by atoms with Gasteiger partial charge in [-0.3, -0.25) is 9.59 Å². The van der Waals surface area contributed by atoms with Gasteiger partial charge in [0.1, 0.15) is 18.0 Å². The highest BCUT2D eigenvalue weighted by Crippen LogP contribution is 2.26. The van der Waals surface area contributed by atoms with Gasteiger partial charge in [-0.15, -0.1) is 0 Å². The van der Waals surface area contributed by atoms with Crippen LogP contribution in [-0.2, 0) is 31.9 Å². The van der Waals surface area contributed by atoms with Gasteiger partial charge in [-0.1, -0.05) is 55.3 Å². The van der Waals surface area contributed by atoms with E-state index in [0.29, 0.717) is 12.8 Å². The number of carbonyl (C=O) groups is 3. The molecule has 2 amide bonds. The lowest BCUT2D eigenvalue weighted by molar-refractivity contribution is -0.158. The molecule has 1 saturated heterocycles. The second-order valence-corrected chi connectivity index (χ2v) is 10.6. The lowest BCUT2D eigenvalue weighted by atomic mass is 9.94. The zero-order valence-corrected chi connectivity index (χ0v) is 22.4. The van der Waals surface area contributed by atoms with Gasteiger partial charge in [-0.25, -0.2) is 9.69 Å². The Hall–Kier alpha value is -3.35. The minimum atomic E-state index is -0.647. The number of hydrogen-bond acceptors (Lipinski definition) is 6. The van der Waals surface area contributed by atoms with E-state index in [4.69, 9.17) is 14.2 Å². The molecule has 200 valence electrons. The lowest BCUT2D eigenvalue weighted by Gasteiger charge is -2.26. The van der Waals surface area contributed by atoms with Crippen molar-refractivity contribution in [2.75, 3.05) is 13.7 Å². The van der Waals surface area contributed by atoms with Gasteiger partial charge in [0.25, 0.3) is 0 Å². The Morgan fingerprint density at radius 2 is 1.70 bits per heavy atom. The molecule has 37 heavy (non-hydrogen) atoms. The van der Waals surface area contributed by atoms with Crippen molar-refractivity contribution in [1.29, 1.82) is 0 Å². The van der Waals surface area contributed by atoms with Crippen LogP contribution in [0.2, 0.25) is 0 Å². The van der Waals surface area contributed by atoms with Crippen LogP contribution >= 0.6 is 0 Å².